The van der Waals surface area contributed by atoms with Gasteiger partial charge < -0.3 is 9.47 Å². The van der Waals surface area contributed by atoms with Gasteiger partial charge >= 0.3 is 0 Å². The molecular weight excluding hydrogens is 764 g/mol. The Morgan fingerprint density at radius 1 is 0.649 bits per heavy atom. The van der Waals surface area contributed by atoms with E-state index in [-0.39, 0.29) is 17.5 Å². The van der Waals surface area contributed by atoms with E-state index in [9.17, 15) is 14.0 Å². The molecule has 0 unspecified atom stereocenters. The second-order valence-electron chi connectivity index (χ2n) is 13.2. The second-order valence-corrected chi connectivity index (χ2v) is 15.2. The summed E-state index contributed by atoms with van der Waals surface area (Å²) in [5.41, 5.74) is 6.43. The highest BCUT2D eigenvalue weighted by atomic mass is 32.1. The number of amides is 2. The van der Waals surface area contributed by atoms with Gasteiger partial charge in [0, 0.05) is 30.4 Å². The van der Waals surface area contributed by atoms with Crippen molar-refractivity contribution in [3.8, 4) is 32.6 Å². The van der Waals surface area contributed by atoms with Gasteiger partial charge in [0.05, 0.1) is 14.2 Å². The molecule has 0 aliphatic heterocycles. The van der Waals surface area contributed by atoms with Crippen LogP contribution in [-0.2, 0) is 0 Å². The van der Waals surface area contributed by atoms with Crippen molar-refractivity contribution >= 4 is 44.8 Å². The average Bonchev–Trinajstić information content (AvgIpc) is 3.90. The molecule has 6 rings (SSSR count). The summed E-state index contributed by atoms with van der Waals surface area (Å²) in [5, 5.41) is 19.7. The summed E-state index contributed by atoms with van der Waals surface area (Å²) in [6, 6.07) is 17.6. The van der Waals surface area contributed by atoms with E-state index in [1.54, 1.807) is 37.4 Å². The van der Waals surface area contributed by atoms with Crippen LogP contribution in [0.4, 0.5) is 14.7 Å². The first-order chi connectivity index (χ1) is 27.5. The smallest absolute Gasteiger partial charge is 0.278 e. The lowest BCUT2D eigenvalue weighted by Crippen LogP contribution is -2.32. The van der Waals surface area contributed by atoms with E-state index in [0.717, 1.165) is 75.6 Å². The maximum absolute atomic E-state index is 13.5. The quantitative estimate of drug-likeness (QED) is 0.0979. The van der Waals surface area contributed by atoms with Gasteiger partial charge in [0.2, 0.25) is 16.2 Å². The molecule has 2 aromatic carbocycles. The highest BCUT2D eigenvalue weighted by molar-refractivity contribution is 7.19. The summed E-state index contributed by atoms with van der Waals surface area (Å²) in [4.78, 5) is 37.0. The van der Waals surface area contributed by atoms with Gasteiger partial charge in [-0.1, -0.05) is 61.5 Å². The zero-order chi connectivity index (χ0) is 41.1. The minimum atomic E-state index is -0.687. The van der Waals surface area contributed by atoms with Crippen molar-refractivity contribution in [3.63, 3.8) is 0 Å². The van der Waals surface area contributed by atoms with Gasteiger partial charge in [-0.2, -0.15) is 4.39 Å². The molecule has 0 N–H and O–H groups in total. The van der Waals surface area contributed by atoms with Crippen LogP contribution in [-0.4, -0.2) is 69.5 Å². The third-order valence-electron chi connectivity index (χ3n) is 8.89. The number of hydrogen-bond acceptors (Lipinski definition) is 12. The zero-order valence-electron chi connectivity index (χ0n) is 33.5. The molecular formula is C42H47FN8O4S2. The van der Waals surface area contributed by atoms with E-state index in [0.29, 0.717) is 34.1 Å². The molecule has 57 heavy (non-hydrogen) atoms. The summed E-state index contributed by atoms with van der Waals surface area (Å²) < 4.78 is 24.4. The summed E-state index contributed by atoms with van der Waals surface area (Å²) in [6.07, 6.45) is 5.18. The van der Waals surface area contributed by atoms with Crippen molar-refractivity contribution in [2.24, 2.45) is 0 Å². The fourth-order valence-electron chi connectivity index (χ4n) is 6.17. The predicted octanol–water partition coefficient (Wildman–Crippen LogP) is 9.48. The number of halogens is 1. The summed E-state index contributed by atoms with van der Waals surface area (Å²) in [5.74, 6) is 0.494. The van der Waals surface area contributed by atoms with Gasteiger partial charge in [-0.05, 0) is 111 Å². The zero-order valence-corrected chi connectivity index (χ0v) is 35.1. The third-order valence-corrected chi connectivity index (χ3v) is 10.9. The number of unbranched alkanes of at least 4 members (excludes halogenated alkanes) is 2. The highest BCUT2D eigenvalue weighted by Gasteiger charge is 2.25. The number of rotatable bonds is 14. The van der Waals surface area contributed by atoms with Crippen molar-refractivity contribution in [3.05, 3.63) is 106 Å². The van der Waals surface area contributed by atoms with Gasteiger partial charge in [-0.3, -0.25) is 24.4 Å². The highest BCUT2D eigenvalue weighted by Crippen LogP contribution is 2.36. The van der Waals surface area contributed by atoms with Crippen LogP contribution in [0.5, 0.6) is 11.5 Å². The van der Waals surface area contributed by atoms with E-state index in [4.69, 9.17) is 9.47 Å². The Morgan fingerprint density at radius 3 is 1.51 bits per heavy atom. The van der Waals surface area contributed by atoms with Crippen LogP contribution < -0.4 is 19.3 Å². The number of pyridine rings is 2. The van der Waals surface area contributed by atoms with Crippen LogP contribution in [0.25, 0.3) is 21.1 Å². The van der Waals surface area contributed by atoms with Crippen LogP contribution in [0.1, 0.15) is 82.8 Å². The molecule has 0 radical (unpaired) electrons. The molecule has 0 aliphatic carbocycles. The molecule has 0 bridgehead atoms. The van der Waals surface area contributed by atoms with Gasteiger partial charge in [-0.25, -0.2) is 4.98 Å². The topological polar surface area (TPSA) is 136 Å². The normalized spacial score (nSPS) is 10.8. The van der Waals surface area contributed by atoms with E-state index in [1.807, 2.05) is 65.0 Å². The molecule has 4 aromatic heterocycles. The minimum absolute atomic E-state index is 0.0500. The van der Waals surface area contributed by atoms with Gasteiger partial charge in [0.1, 0.15) is 32.9 Å². The molecule has 0 saturated heterocycles. The largest absolute Gasteiger partial charge is 0.496 e. The number of anilines is 2. The van der Waals surface area contributed by atoms with Gasteiger partial charge in [-0.15, -0.1) is 20.4 Å². The van der Waals surface area contributed by atoms with Crippen LogP contribution >= 0.6 is 22.7 Å². The van der Waals surface area contributed by atoms with E-state index < -0.39 is 5.95 Å². The number of ether oxygens (including phenoxy) is 2. The van der Waals surface area contributed by atoms with Crippen molar-refractivity contribution in [1.29, 1.82) is 0 Å². The van der Waals surface area contributed by atoms with Crippen molar-refractivity contribution < 1.29 is 23.5 Å². The maximum atomic E-state index is 13.5. The molecule has 15 heteroatoms. The number of aromatic nitrogens is 6. The predicted molar refractivity (Wildman–Crippen MR) is 224 cm³/mol. The maximum Gasteiger partial charge on any atom is 0.278 e. The number of benzene rings is 2. The van der Waals surface area contributed by atoms with Crippen LogP contribution in [0.15, 0.2) is 66.9 Å². The van der Waals surface area contributed by atoms with Crippen molar-refractivity contribution in [2.45, 2.75) is 67.2 Å². The molecule has 4 heterocycles. The standard InChI is InChI=1S/C21H23FN4O2S.C21H24N4O2S/c1-5-6-10-26(20(27)16-8-7-9-17(22)23-16)21-25-24-19(29-21)15-11-13(2)18(28-4)14(3)12-15;1-5-6-11-25(20(26)17-9-7-8-10-22-17)21-24-23-19(28-21)16-12-14(2)18(27-4)15(3)13-16/h7-9,11-12H,5-6,10H2,1-4H3;7-10,12-13H,5-6,11H2,1-4H3. The van der Waals surface area contributed by atoms with Crippen LogP contribution in [0, 0.1) is 33.6 Å². The number of nitrogens with zero attached hydrogens (tertiary/aromatic N) is 8. The molecule has 0 aliphatic rings. The van der Waals surface area contributed by atoms with E-state index in [1.165, 1.54) is 45.8 Å². The Bertz CT molecular complexity index is 2250. The van der Waals surface area contributed by atoms with E-state index in [2.05, 4.69) is 37.3 Å². The third kappa shape index (κ3) is 10.4. The first kappa shape index (κ1) is 42.5. The number of aryl methyl sites for hydroxylation is 4. The molecule has 0 saturated carbocycles. The number of hydrogen-bond donors (Lipinski definition) is 0. The first-order valence-corrected chi connectivity index (χ1v) is 20.3. The molecule has 0 spiro atoms. The molecule has 2 amide bonds. The first-order valence-electron chi connectivity index (χ1n) is 18.6. The molecule has 298 valence electrons. The van der Waals surface area contributed by atoms with Gasteiger partial charge in [0.25, 0.3) is 11.8 Å². The Balaban J connectivity index is 0.000000218. The number of methoxy groups -OCH3 is 2. The Morgan fingerprint density at radius 2 is 1.11 bits per heavy atom. The Kier molecular flexibility index (Phi) is 14.9. The average molecular weight is 811 g/mol. The minimum Gasteiger partial charge on any atom is -0.496 e. The Labute approximate surface area is 340 Å². The second kappa shape index (κ2) is 20.0. The fraction of sp³-hybridized carbons (Fsp3) is 0.333. The van der Waals surface area contributed by atoms with Gasteiger partial charge in [0.15, 0.2) is 0 Å². The molecule has 6 aromatic rings. The van der Waals surface area contributed by atoms with Crippen molar-refractivity contribution in [1.82, 2.24) is 30.4 Å². The fourth-order valence-corrected chi connectivity index (χ4v) is 7.88. The summed E-state index contributed by atoms with van der Waals surface area (Å²) in [6.45, 7) is 13.2. The lowest BCUT2D eigenvalue weighted by molar-refractivity contribution is 0.0973. The van der Waals surface area contributed by atoms with Crippen LogP contribution in [0.2, 0.25) is 0 Å². The number of carbonyl (C=O) groups excluding carboxylic acids is 2. The lowest BCUT2D eigenvalue weighted by atomic mass is 10.1. The number of carbonyl (C=O) groups is 2. The summed E-state index contributed by atoms with van der Waals surface area (Å²) >= 11 is 2.74. The Hall–Kier alpha value is -5.67. The van der Waals surface area contributed by atoms with Crippen molar-refractivity contribution in [2.75, 3.05) is 37.1 Å². The molecule has 0 fully saturated rings. The summed E-state index contributed by atoms with van der Waals surface area (Å²) in [7, 11) is 3.32. The molecule has 0 atom stereocenters. The molecule has 12 nitrogen and oxygen atoms in total. The SMILES string of the molecule is CCCCN(C(=O)c1cccc(F)n1)c1nnc(-c2cc(C)c(OC)c(C)c2)s1.CCCCN(C(=O)c1ccccn1)c1nnc(-c2cc(C)c(OC)c(C)c2)s1. The van der Waals surface area contributed by atoms with E-state index >= 15 is 0 Å². The van der Waals surface area contributed by atoms with Crippen LogP contribution in [0.3, 0.4) is 0 Å². The lowest BCUT2D eigenvalue weighted by Gasteiger charge is -2.18. The monoisotopic (exact) mass is 810 g/mol.